The first kappa shape index (κ1) is 29.5. The Bertz CT molecular complexity index is 1470. The molecule has 0 saturated heterocycles. The second-order valence-electron chi connectivity index (χ2n) is 9.91. The highest BCUT2D eigenvalue weighted by atomic mass is 16.6. The van der Waals surface area contributed by atoms with Crippen LogP contribution in [0.5, 0.6) is 0 Å². The third-order valence-corrected chi connectivity index (χ3v) is 5.97. The van der Waals surface area contributed by atoms with Crippen LogP contribution < -0.4 is 0 Å². The molecule has 0 fully saturated rings. The van der Waals surface area contributed by atoms with E-state index >= 15 is 0 Å². The molecule has 0 radical (unpaired) electrons. The number of ether oxygens (including phenoxy) is 3. The molecule has 0 aliphatic rings. The molecule has 0 spiro atoms. The molecule has 8 heteroatoms. The lowest BCUT2D eigenvalue weighted by Crippen LogP contribution is -2.29. The normalized spacial score (nSPS) is 11.2. The van der Waals surface area contributed by atoms with Gasteiger partial charge in [0, 0.05) is 16.3 Å². The molecule has 4 rings (SSSR count). The number of aromatic nitrogens is 2. The Hall–Kier alpha value is -4.07. The van der Waals surface area contributed by atoms with Crippen molar-refractivity contribution >= 4 is 39.8 Å². The van der Waals surface area contributed by atoms with Crippen molar-refractivity contribution in [2.24, 2.45) is 0 Å². The van der Waals surface area contributed by atoms with Gasteiger partial charge < -0.3 is 19.2 Å². The summed E-state index contributed by atoms with van der Waals surface area (Å²) in [7, 11) is 0. The van der Waals surface area contributed by atoms with Gasteiger partial charge in [-0.25, -0.2) is 19.0 Å². The van der Waals surface area contributed by atoms with E-state index in [1.54, 1.807) is 40.7 Å². The molecule has 39 heavy (non-hydrogen) atoms. The first-order valence-corrected chi connectivity index (χ1v) is 13.4. The number of benzene rings is 2. The van der Waals surface area contributed by atoms with Crippen LogP contribution in [-0.2, 0) is 27.1 Å². The van der Waals surface area contributed by atoms with E-state index in [0.717, 1.165) is 34.7 Å². The van der Waals surface area contributed by atoms with Crippen LogP contribution in [0.4, 0.5) is 4.79 Å². The average Bonchev–Trinajstić information content (AvgIpc) is 3.50. The predicted molar refractivity (Wildman–Crippen MR) is 153 cm³/mol. The van der Waals surface area contributed by atoms with E-state index in [1.807, 2.05) is 43.3 Å². The van der Waals surface area contributed by atoms with Gasteiger partial charge in [-0.2, -0.15) is 0 Å². The van der Waals surface area contributed by atoms with Crippen LogP contribution in [-0.4, -0.2) is 46.4 Å². The minimum atomic E-state index is -0.652. The lowest BCUT2D eigenvalue weighted by atomic mass is 10.1. The number of H-pyrrole nitrogens is 1. The maximum atomic E-state index is 12.7. The van der Waals surface area contributed by atoms with Crippen molar-refractivity contribution in [2.45, 2.75) is 66.9 Å². The Morgan fingerprint density at radius 1 is 0.795 bits per heavy atom. The number of nitrogens with zero attached hydrogens (tertiary/aromatic N) is 1. The number of rotatable bonds is 6. The van der Waals surface area contributed by atoms with Crippen LogP contribution in [0.15, 0.2) is 48.5 Å². The Labute approximate surface area is 229 Å². The van der Waals surface area contributed by atoms with Crippen molar-refractivity contribution < 1.29 is 28.6 Å². The summed E-state index contributed by atoms with van der Waals surface area (Å²) in [6, 6.07) is 15.3. The van der Waals surface area contributed by atoms with Crippen molar-refractivity contribution in [1.82, 2.24) is 9.55 Å². The smallest absolute Gasteiger partial charge is 0.419 e. The maximum Gasteiger partial charge on any atom is 0.419 e. The number of esters is 2. The Morgan fingerprint density at radius 3 is 1.97 bits per heavy atom. The minimum Gasteiger partial charge on any atom is -0.461 e. The van der Waals surface area contributed by atoms with Gasteiger partial charge in [-0.05, 0) is 70.7 Å². The van der Waals surface area contributed by atoms with Gasteiger partial charge in [0.1, 0.15) is 17.0 Å². The third-order valence-electron chi connectivity index (χ3n) is 5.97. The topological polar surface area (TPSA) is 99.6 Å². The van der Waals surface area contributed by atoms with E-state index in [0.29, 0.717) is 17.8 Å². The van der Waals surface area contributed by atoms with Gasteiger partial charge in [0.15, 0.2) is 0 Å². The standard InChI is InChI=1S/C18H23NO4.C13H15NO2/c1-6-12-9-8-10-13-11-14(16(20)22-7-2)19(15(12)13)17(21)23-18(3,4)5;1-3-9-6-5-7-10-8-11(14-12(9)10)13(15)16-4-2/h8-11H,6-7H2,1-5H3;5-8,14H,3-4H2,1-2H3. The van der Waals surface area contributed by atoms with Crippen LogP contribution in [0.3, 0.4) is 0 Å². The first-order valence-electron chi connectivity index (χ1n) is 13.4. The summed E-state index contributed by atoms with van der Waals surface area (Å²) in [5.41, 5.74) is 3.99. The molecule has 208 valence electrons. The zero-order chi connectivity index (χ0) is 28.7. The number of nitrogens with one attached hydrogen (secondary N) is 1. The van der Waals surface area contributed by atoms with Crippen LogP contribution in [0, 0.1) is 0 Å². The zero-order valence-electron chi connectivity index (χ0n) is 23.8. The van der Waals surface area contributed by atoms with Gasteiger partial charge in [0.25, 0.3) is 0 Å². The van der Waals surface area contributed by atoms with Crippen molar-refractivity contribution in [3.05, 3.63) is 71.0 Å². The summed E-state index contributed by atoms with van der Waals surface area (Å²) < 4.78 is 16.9. The molecular formula is C31H38N2O6. The summed E-state index contributed by atoms with van der Waals surface area (Å²) in [4.78, 5) is 39.6. The monoisotopic (exact) mass is 534 g/mol. The quantitative estimate of drug-likeness (QED) is 0.210. The number of fused-ring (bicyclic) bond motifs is 2. The fourth-order valence-corrected chi connectivity index (χ4v) is 4.30. The average molecular weight is 535 g/mol. The van der Waals surface area contributed by atoms with Crippen molar-refractivity contribution in [3.63, 3.8) is 0 Å². The molecule has 0 bridgehead atoms. The molecule has 1 N–H and O–H groups in total. The molecule has 0 atom stereocenters. The highest BCUT2D eigenvalue weighted by molar-refractivity contribution is 6.02. The molecule has 4 aromatic rings. The summed E-state index contributed by atoms with van der Waals surface area (Å²) in [5.74, 6) is -0.822. The number of hydrogen-bond acceptors (Lipinski definition) is 6. The van der Waals surface area contributed by atoms with Crippen LogP contribution >= 0.6 is 0 Å². The summed E-state index contributed by atoms with van der Waals surface area (Å²) in [5, 5.41) is 1.88. The lowest BCUT2D eigenvalue weighted by Gasteiger charge is -2.21. The number of carbonyl (C=O) groups is 3. The van der Waals surface area contributed by atoms with Gasteiger partial charge in [-0.1, -0.05) is 50.2 Å². The Kier molecular flexibility index (Phi) is 9.56. The van der Waals surface area contributed by atoms with Gasteiger partial charge in [-0.15, -0.1) is 0 Å². The molecular weight excluding hydrogens is 496 g/mol. The molecule has 0 aliphatic heterocycles. The summed E-state index contributed by atoms with van der Waals surface area (Å²) in [6.45, 7) is 13.7. The van der Waals surface area contributed by atoms with Crippen molar-refractivity contribution in [1.29, 1.82) is 0 Å². The summed E-state index contributed by atoms with van der Waals surface area (Å²) >= 11 is 0. The largest absolute Gasteiger partial charge is 0.461 e. The fourth-order valence-electron chi connectivity index (χ4n) is 4.30. The van der Waals surface area contributed by atoms with Crippen LogP contribution in [0.1, 0.15) is 80.6 Å². The second-order valence-corrected chi connectivity index (χ2v) is 9.91. The molecule has 2 aromatic heterocycles. The molecule has 0 aliphatic carbocycles. The number of aryl methyl sites for hydroxylation is 2. The molecule has 2 aromatic carbocycles. The SMILES string of the molecule is CCOC(=O)c1cc2cccc(CC)c2[nH]1.CCOC(=O)c1cc2cccc(CC)c2n1C(=O)OC(C)(C)C. The number of aromatic amines is 1. The van der Waals surface area contributed by atoms with E-state index in [-0.39, 0.29) is 18.3 Å². The number of carbonyl (C=O) groups excluding carboxylic acids is 3. The molecule has 8 nitrogen and oxygen atoms in total. The predicted octanol–water partition coefficient (Wildman–Crippen LogP) is 7.07. The van der Waals surface area contributed by atoms with Crippen molar-refractivity contribution in [2.75, 3.05) is 13.2 Å². The second kappa shape index (κ2) is 12.7. The first-order chi connectivity index (χ1) is 18.5. The minimum absolute atomic E-state index is 0.192. The fraction of sp³-hybridized carbons (Fsp3) is 0.387. The molecule has 0 amide bonds. The van der Waals surface area contributed by atoms with E-state index in [4.69, 9.17) is 14.2 Å². The summed E-state index contributed by atoms with van der Waals surface area (Å²) in [6.07, 6.45) is 1.11. The number of para-hydroxylation sites is 2. The number of hydrogen-bond donors (Lipinski definition) is 1. The maximum absolute atomic E-state index is 12.7. The lowest BCUT2D eigenvalue weighted by molar-refractivity contribution is 0.0454. The van der Waals surface area contributed by atoms with Crippen LogP contribution in [0.25, 0.3) is 21.8 Å². The van der Waals surface area contributed by atoms with Crippen molar-refractivity contribution in [3.8, 4) is 0 Å². The van der Waals surface area contributed by atoms with E-state index in [2.05, 4.69) is 18.0 Å². The molecule has 0 unspecified atom stereocenters. The Balaban J connectivity index is 0.000000230. The van der Waals surface area contributed by atoms with Gasteiger partial charge in [-0.3, -0.25) is 0 Å². The van der Waals surface area contributed by atoms with Gasteiger partial charge in [0.2, 0.25) is 0 Å². The highest BCUT2D eigenvalue weighted by Gasteiger charge is 2.26. The Morgan fingerprint density at radius 2 is 1.38 bits per heavy atom. The molecule has 2 heterocycles. The van der Waals surface area contributed by atoms with Crippen LogP contribution in [0.2, 0.25) is 0 Å². The molecule has 0 saturated carbocycles. The van der Waals surface area contributed by atoms with E-state index in [9.17, 15) is 14.4 Å². The highest BCUT2D eigenvalue weighted by Crippen LogP contribution is 2.26. The van der Waals surface area contributed by atoms with E-state index < -0.39 is 17.7 Å². The third kappa shape index (κ3) is 6.88. The van der Waals surface area contributed by atoms with Gasteiger partial charge in [0.05, 0.1) is 18.7 Å². The zero-order valence-corrected chi connectivity index (χ0v) is 23.8. The van der Waals surface area contributed by atoms with E-state index in [1.165, 1.54) is 10.1 Å². The van der Waals surface area contributed by atoms with Gasteiger partial charge >= 0.3 is 18.0 Å².